The van der Waals surface area contributed by atoms with Gasteiger partial charge in [0.05, 0.1) is 27.3 Å². The standard InChI is InChI=1S/C16H31NO4/c1-4-5-6-7-8-9-10-11-12-17(13-15(18)20-2)14-16(19)21-3/h4-14H2,1-3H3. The molecule has 5 nitrogen and oxygen atoms in total. The van der Waals surface area contributed by atoms with Gasteiger partial charge in [-0.2, -0.15) is 0 Å². The van der Waals surface area contributed by atoms with Gasteiger partial charge in [-0.25, -0.2) is 0 Å². The number of esters is 2. The summed E-state index contributed by atoms with van der Waals surface area (Å²) in [6.07, 6.45) is 9.84. The monoisotopic (exact) mass is 301 g/mol. The summed E-state index contributed by atoms with van der Waals surface area (Å²) in [5.74, 6) is -0.642. The van der Waals surface area contributed by atoms with Crippen LogP contribution in [0.4, 0.5) is 0 Å². The van der Waals surface area contributed by atoms with Crippen molar-refractivity contribution in [3.05, 3.63) is 0 Å². The highest BCUT2D eigenvalue weighted by Gasteiger charge is 2.14. The van der Waals surface area contributed by atoms with E-state index in [1.54, 1.807) is 4.90 Å². The molecule has 0 N–H and O–H groups in total. The minimum atomic E-state index is -0.321. The van der Waals surface area contributed by atoms with Gasteiger partial charge in [-0.15, -0.1) is 0 Å². The summed E-state index contributed by atoms with van der Waals surface area (Å²) in [5, 5.41) is 0. The molecule has 0 saturated heterocycles. The zero-order chi connectivity index (χ0) is 15.9. The number of methoxy groups -OCH3 is 2. The summed E-state index contributed by atoms with van der Waals surface area (Å²) in [5.41, 5.74) is 0. The number of hydrogen-bond donors (Lipinski definition) is 0. The van der Waals surface area contributed by atoms with Crippen molar-refractivity contribution in [3.8, 4) is 0 Å². The first-order chi connectivity index (χ1) is 10.1. The highest BCUT2D eigenvalue weighted by atomic mass is 16.5. The third-order valence-corrected chi connectivity index (χ3v) is 3.49. The van der Waals surface area contributed by atoms with E-state index in [1.807, 2.05) is 0 Å². The largest absolute Gasteiger partial charge is 0.468 e. The first kappa shape index (κ1) is 19.9. The minimum absolute atomic E-state index is 0.141. The van der Waals surface area contributed by atoms with Crippen molar-refractivity contribution in [3.63, 3.8) is 0 Å². The molecule has 124 valence electrons. The highest BCUT2D eigenvalue weighted by molar-refractivity contribution is 5.74. The van der Waals surface area contributed by atoms with E-state index in [4.69, 9.17) is 0 Å². The molecule has 0 aliphatic rings. The topological polar surface area (TPSA) is 55.8 Å². The van der Waals surface area contributed by atoms with Crippen LogP contribution in [0.1, 0.15) is 58.3 Å². The van der Waals surface area contributed by atoms with Crippen LogP contribution in [0.2, 0.25) is 0 Å². The van der Waals surface area contributed by atoms with Crippen molar-refractivity contribution >= 4 is 11.9 Å². The van der Waals surface area contributed by atoms with Gasteiger partial charge in [-0.1, -0.05) is 51.9 Å². The lowest BCUT2D eigenvalue weighted by Crippen LogP contribution is -2.36. The normalized spacial score (nSPS) is 10.7. The predicted octanol–water partition coefficient (Wildman–Crippen LogP) is 2.78. The SMILES string of the molecule is CCCCCCCCCCN(CC(=O)OC)CC(=O)OC. The van der Waals surface area contributed by atoms with Crippen LogP contribution in [0.25, 0.3) is 0 Å². The molecule has 0 amide bonds. The first-order valence-electron chi connectivity index (χ1n) is 8.00. The number of unbranched alkanes of at least 4 members (excludes halogenated alkanes) is 7. The smallest absolute Gasteiger partial charge is 0.319 e. The second kappa shape index (κ2) is 13.9. The molecule has 21 heavy (non-hydrogen) atoms. The molecule has 0 aliphatic heterocycles. The third kappa shape index (κ3) is 12.4. The number of ether oxygens (including phenoxy) is 2. The van der Waals surface area contributed by atoms with Gasteiger partial charge in [0.15, 0.2) is 0 Å². The van der Waals surface area contributed by atoms with Crippen LogP contribution in [0.15, 0.2) is 0 Å². The Labute approximate surface area is 129 Å². The van der Waals surface area contributed by atoms with Crippen molar-refractivity contribution < 1.29 is 19.1 Å². The highest BCUT2D eigenvalue weighted by Crippen LogP contribution is 2.09. The Kier molecular flexibility index (Phi) is 13.1. The van der Waals surface area contributed by atoms with E-state index in [1.165, 1.54) is 52.7 Å². The van der Waals surface area contributed by atoms with Crippen molar-refractivity contribution in [1.29, 1.82) is 0 Å². The lowest BCUT2D eigenvalue weighted by molar-refractivity contribution is -0.145. The fourth-order valence-electron chi connectivity index (χ4n) is 2.18. The first-order valence-corrected chi connectivity index (χ1v) is 8.00. The molecule has 0 heterocycles. The maximum Gasteiger partial charge on any atom is 0.319 e. The molecule has 5 heteroatoms. The molecular formula is C16H31NO4. The zero-order valence-corrected chi connectivity index (χ0v) is 13.9. The summed E-state index contributed by atoms with van der Waals surface area (Å²) in [6.45, 7) is 3.22. The average molecular weight is 301 g/mol. The molecule has 0 aromatic rings. The molecule has 0 unspecified atom stereocenters. The molecular weight excluding hydrogens is 270 g/mol. The maximum absolute atomic E-state index is 11.3. The van der Waals surface area contributed by atoms with Crippen LogP contribution in [0, 0.1) is 0 Å². The van der Waals surface area contributed by atoms with E-state index in [0.29, 0.717) is 0 Å². The Balaban J connectivity index is 3.79. The third-order valence-electron chi connectivity index (χ3n) is 3.49. The fraction of sp³-hybridized carbons (Fsp3) is 0.875. The molecule has 0 aromatic heterocycles. The summed E-state index contributed by atoms with van der Waals surface area (Å²) in [4.78, 5) is 24.4. The van der Waals surface area contributed by atoms with Gasteiger partial charge < -0.3 is 9.47 Å². The number of nitrogens with zero attached hydrogens (tertiary/aromatic N) is 1. The number of carbonyl (C=O) groups excluding carboxylic acids is 2. The quantitative estimate of drug-likeness (QED) is 0.387. The van der Waals surface area contributed by atoms with E-state index in [0.717, 1.165) is 19.4 Å². The lowest BCUT2D eigenvalue weighted by atomic mass is 10.1. The van der Waals surface area contributed by atoms with Crippen molar-refractivity contribution in [1.82, 2.24) is 4.90 Å². The number of hydrogen-bond acceptors (Lipinski definition) is 5. The van der Waals surface area contributed by atoms with Crippen molar-refractivity contribution in [2.45, 2.75) is 58.3 Å². The van der Waals surface area contributed by atoms with Crippen molar-refractivity contribution in [2.75, 3.05) is 33.9 Å². The van der Waals surface area contributed by atoms with Crippen LogP contribution >= 0.6 is 0 Å². The Hall–Kier alpha value is -1.10. The summed E-state index contributed by atoms with van der Waals surface area (Å²) in [7, 11) is 2.71. The molecule has 0 fully saturated rings. The molecule has 0 spiro atoms. The molecule has 0 bridgehead atoms. The van der Waals surface area contributed by atoms with Gasteiger partial charge >= 0.3 is 11.9 Å². The lowest BCUT2D eigenvalue weighted by Gasteiger charge is -2.19. The average Bonchev–Trinajstić information content (AvgIpc) is 2.49. The molecule has 0 atom stereocenters. The maximum atomic E-state index is 11.3. The van der Waals surface area contributed by atoms with Crippen LogP contribution in [-0.2, 0) is 19.1 Å². The summed E-state index contributed by atoms with van der Waals surface area (Å²) in [6, 6.07) is 0. The van der Waals surface area contributed by atoms with E-state index in [2.05, 4.69) is 16.4 Å². The Morgan fingerprint density at radius 1 is 0.762 bits per heavy atom. The number of carbonyl (C=O) groups is 2. The van der Waals surface area contributed by atoms with Crippen LogP contribution < -0.4 is 0 Å². The van der Waals surface area contributed by atoms with Crippen LogP contribution in [0.5, 0.6) is 0 Å². The second-order valence-corrected chi connectivity index (χ2v) is 5.34. The van der Waals surface area contributed by atoms with Crippen LogP contribution in [-0.4, -0.2) is 50.7 Å². The van der Waals surface area contributed by atoms with Gasteiger partial charge in [0, 0.05) is 0 Å². The molecule has 0 aliphatic carbocycles. The van der Waals surface area contributed by atoms with Crippen molar-refractivity contribution in [2.24, 2.45) is 0 Å². The van der Waals surface area contributed by atoms with E-state index in [9.17, 15) is 9.59 Å². The second-order valence-electron chi connectivity index (χ2n) is 5.34. The van der Waals surface area contributed by atoms with Crippen LogP contribution in [0.3, 0.4) is 0 Å². The summed E-state index contributed by atoms with van der Waals surface area (Å²) >= 11 is 0. The van der Waals surface area contributed by atoms with Gasteiger partial charge in [0.1, 0.15) is 0 Å². The predicted molar refractivity (Wildman–Crippen MR) is 83.1 cm³/mol. The van der Waals surface area contributed by atoms with Gasteiger partial charge in [0.25, 0.3) is 0 Å². The molecule has 0 rings (SSSR count). The van der Waals surface area contributed by atoms with E-state index < -0.39 is 0 Å². The van der Waals surface area contributed by atoms with Gasteiger partial charge in [-0.3, -0.25) is 14.5 Å². The van der Waals surface area contributed by atoms with E-state index >= 15 is 0 Å². The molecule has 0 aromatic carbocycles. The number of rotatable bonds is 13. The van der Waals surface area contributed by atoms with E-state index in [-0.39, 0.29) is 25.0 Å². The van der Waals surface area contributed by atoms with Gasteiger partial charge in [0.2, 0.25) is 0 Å². The Morgan fingerprint density at radius 3 is 1.62 bits per heavy atom. The Bertz CT molecular complexity index is 263. The molecule has 0 radical (unpaired) electrons. The Morgan fingerprint density at radius 2 is 1.19 bits per heavy atom. The fourth-order valence-corrected chi connectivity index (χ4v) is 2.18. The molecule has 0 saturated carbocycles. The minimum Gasteiger partial charge on any atom is -0.468 e. The zero-order valence-electron chi connectivity index (χ0n) is 13.9. The summed E-state index contributed by atoms with van der Waals surface area (Å²) < 4.78 is 9.29. The van der Waals surface area contributed by atoms with Gasteiger partial charge in [-0.05, 0) is 13.0 Å².